The molecule has 5 atom stereocenters. The van der Waals surface area contributed by atoms with Gasteiger partial charge in [-0.25, -0.2) is 0 Å². The van der Waals surface area contributed by atoms with E-state index in [-0.39, 0.29) is 30.9 Å². The Kier molecular flexibility index (Phi) is 7.34. The Morgan fingerprint density at radius 3 is 2.32 bits per heavy atom. The lowest BCUT2D eigenvalue weighted by atomic mass is 9.87. The van der Waals surface area contributed by atoms with Crippen LogP contribution in [0.1, 0.15) is 31.2 Å². The summed E-state index contributed by atoms with van der Waals surface area (Å²) in [4.78, 5) is 28.2. The van der Waals surface area contributed by atoms with Crippen molar-refractivity contribution in [3.05, 3.63) is 106 Å². The number of carbonyl (C=O) groups is 2. The van der Waals surface area contributed by atoms with Crippen LogP contribution in [0.15, 0.2) is 84.8 Å². The molecule has 1 aromatic heterocycles. The third-order valence-corrected chi connectivity index (χ3v) is 7.51. The maximum absolute atomic E-state index is 13.5. The van der Waals surface area contributed by atoms with E-state index >= 15 is 0 Å². The van der Waals surface area contributed by atoms with Gasteiger partial charge in [-0.3, -0.25) is 14.5 Å². The van der Waals surface area contributed by atoms with Gasteiger partial charge >= 0.3 is 0 Å². The molecule has 0 aliphatic carbocycles. The molecule has 3 heterocycles. The zero-order valence-corrected chi connectivity index (χ0v) is 20.8. The number of rotatable bonds is 9. The number of thiophene rings is 1. The average Bonchev–Trinajstić information content (AvgIpc) is 3.54. The third-order valence-electron chi connectivity index (χ3n) is 6.54. The smallest absolute Gasteiger partial charge is 0.262 e. The molecule has 2 aliphatic rings. The van der Waals surface area contributed by atoms with E-state index in [1.807, 2.05) is 30.3 Å². The van der Waals surface area contributed by atoms with Crippen molar-refractivity contribution < 1.29 is 34.0 Å². The molecule has 8 nitrogen and oxygen atoms in total. The predicted molar refractivity (Wildman–Crippen MR) is 136 cm³/mol. The molecule has 5 rings (SSSR count). The van der Waals surface area contributed by atoms with Crippen molar-refractivity contribution in [3.63, 3.8) is 0 Å². The second-order valence-corrected chi connectivity index (χ2v) is 9.83. The molecule has 2 aliphatic heterocycles. The van der Waals surface area contributed by atoms with Gasteiger partial charge in [0.2, 0.25) is 5.79 Å². The summed E-state index contributed by atoms with van der Waals surface area (Å²) in [7, 11) is 0. The summed E-state index contributed by atoms with van der Waals surface area (Å²) in [5.74, 6) is -3.35. The Morgan fingerprint density at radius 2 is 1.70 bits per heavy atom. The second-order valence-electron chi connectivity index (χ2n) is 8.88. The second kappa shape index (κ2) is 10.7. The minimum atomic E-state index is -2.16. The van der Waals surface area contributed by atoms with Crippen LogP contribution in [0.2, 0.25) is 0 Å². The summed E-state index contributed by atoms with van der Waals surface area (Å²) in [6, 6.07) is 18.0. The van der Waals surface area contributed by atoms with Gasteiger partial charge in [0.05, 0.1) is 35.8 Å². The molecule has 0 unspecified atom stereocenters. The number of aliphatic hydroxyl groups is 2. The van der Waals surface area contributed by atoms with Gasteiger partial charge < -0.3 is 24.4 Å². The van der Waals surface area contributed by atoms with Crippen molar-refractivity contribution in [3.8, 4) is 0 Å². The average molecular weight is 522 g/mol. The van der Waals surface area contributed by atoms with Crippen LogP contribution in [0.25, 0.3) is 0 Å². The highest BCUT2D eigenvalue weighted by Gasteiger charge is 2.61. The molecule has 0 saturated carbocycles. The zero-order valence-electron chi connectivity index (χ0n) is 19.9. The standard InChI is InChI=1S/C28H27NO7S/c1-2-14-35-24-23(30)21(17-34-16-18-9-4-3-5-10-18)36-28(33,22-13-8-15-37-22)25(24)29-26(31)19-11-6-7-12-20(19)27(29)32/h2-13,15,21,23-25,30,33H,1,14,16-17H2/t21-,23-,24+,25-,28-/m1/s1. The van der Waals surface area contributed by atoms with Crippen molar-refractivity contribution in [1.82, 2.24) is 4.90 Å². The summed E-state index contributed by atoms with van der Waals surface area (Å²) in [5.41, 5.74) is 1.36. The summed E-state index contributed by atoms with van der Waals surface area (Å²) < 4.78 is 17.9. The largest absolute Gasteiger partial charge is 0.388 e. The lowest BCUT2D eigenvalue weighted by Crippen LogP contribution is -2.70. The van der Waals surface area contributed by atoms with Crippen LogP contribution in [0.5, 0.6) is 0 Å². The van der Waals surface area contributed by atoms with Crippen LogP contribution in [-0.4, -0.2) is 64.5 Å². The maximum atomic E-state index is 13.5. The number of carbonyl (C=O) groups excluding carboxylic acids is 2. The first kappa shape index (κ1) is 25.5. The highest BCUT2D eigenvalue weighted by molar-refractivity contribution is 7.10. The highest BCUT2D eigenvalue weighted by Crippen LogP contribution is 2.44. The first-order valence-electron chi connectivity index (χ1n) is 11.9. The molecule has 1 saturated heterocycles. The van der Waals surface area contributed by atoms with Crippen molar-refractivity contribution in [2.75, 3.05) is 13.2 Å². The minimum Gasteiger partial charge on any atom is -0.388 e. The lowest BCUT2D eigenvalue weighted by molar-refractivity contribution is -0.340. The first-order chi connectivity index (χ1) is 18.0. The van der Waals surface area contributed by atoms with E-state index in [1.165, 1.54) is 17.4 Å². The zero-order chi connectivity index (χ0) is 26.0. The molecule has 0 spiro atoms. The number of benzene rings is 2. The van der Waals surface area contributed by atoms with E-state index in [9.17, 15) is 19.8 Å². The summed E-state index contributed by atoms with van der Waals surface area (Å²) >= 11 is 1.20. The molecular formula is C28H27NO7S. The maximum Gasteiger partial charge on any atom is 0.262 e. The molecule has 2 aromatic carbocycles. The van der Waals surface area contributed by atoms with Crippen LogP contribution in [0, 0.1) is 0 Å². The van der Waals surface area contributed by atoms with Crippen LogP contribution in [0.4, 0.5) is 0 Å². The van der Waals surface area contributed by atoms with E-state index in [4.69, 9.17) is 14.2 Å². The number of fused-ring (bicyclic) bond motifs is 1. The molecule has 2 N–H and O–H groups in total. The normalized spacial score (nSPS) is 27.4. The number of imide groups is 1. The molecule has 3 aromatic rings. The van der Waals surface area contributed by atoms with Crippen molar-refractivity contribution in [2.24, 2.45) is 0 Å². The van der Waals surface area contributed by atoms with Crippen molar-refractivity contribution in [2.45, 2.75) is 36.7 Å². The van der Waals surface area contributed by atoms with Gasteiger partial charge in [-0.1, -0.05) is 54.6 Å². The Bertz CT molecular complexity index is 1230. The predicted octanol–water partition coefficient (Wildman–Crippen LogP) is 3.11. The quantitative estimate of drug-likeness (QED) is 0.329. The number of amides is 2. The Labute approximate surface area is 218 Å². The van der Waals surface area contributed by atoms with Crippen molar-refractivity contribution >= 4 is 23.2 Å². The summed E-state index contributed by atoms with van der Waals surface area (Å²) in [5, 5.41) is 25.2. The van der Waals surface area contributed by atoms with Gasteiger partial charge in [-0.2, -0.15) is 0 Å². The molecule has 192 valence electrons. The summed E-state index contributed by atoms with van der Waals surface area (Å²) in [6.45, 7) is 3.89. The molecule has 2 amide bonds. The van der Waals surface area contributed by atoms with E-state index < -0.39 is 42.0 Å². The number of ether oxygens (including phenoxy) is 3. The van der Waals surface area contributed by atoms with Gasteiger partial charge in [0.15, 0.2) is 0 Å². The SMILES string of the molecule is C=CCO[C@H]1[C@H](O)[C@@H](COCc2ccccc2)O[C@](O)(c2cccs2)[C@@H]1N1C(=O)c2ccccc2C1=O. The molecule has 9 heteroatoms. The van der Waals surface area contributed by atoms with Gasteiger partial charge in [0.25, 0.3) is 11.8 Å². The van der Waals surface area contributed by atoms with E-state index in [1.54, 1.807) is 41.8 Å². The number of hydrogen-bond acceptors (Lipinski definition) is 8. The number of hydrogen-bond donors (Lipinski definition) is 2. The third kappa shape index (κ3) is 4.66. The van der Waals surface area contributed by atoms with Gasteiger partial charge in [-0.05, 0) is 29.1 Å². The van der Waals surface area contributed by atoms with Gasteiger partial charge in [0.1, 0.15) is 24.4 Å². The summed E-state index contributed by atoms with van der Waals surface area (Å²) in [6.07, 6.45) is -2.04. The molecule has 1 fully saturated rings. The van der Waals surface area contributed by atoms with Crippen molar-refractivity contribution in [1.29, 1.82) is 0 Å². The fraction of sp³-hybridized carbons (Fsp3) is 0.286. The fourth-order valence-electron chi connectivity index (χ4n) is 4.83. The van der Waals surface area contributed by atoms with Gasteiger partial charge in [0, 0.05) is 0 Å². The Morgan fingerprint density at radius 1 is 1.03 bits per heavy atom. The van der Waals surface area contributed by atoms with Gasteiger partial charge in [-0.15, -0.1) is 17.9 Å². The van der Waals surface area contributed by atoms with Crippen LogP contribution in [-0.2, 0) is 26.6 Å². The number of nitrogens with zero attached hydrogens (tertiary/aromatic N) is 1. The van der Waals surface area contributed by atoms with E-state index in [0.29, 0.717) is 4.88 Å². The first-order valence-corrected chi connectivity index (χ1v) is 12.8. The number of aliphatic hydroxyl groups excluding tert-OH is 1. The molecule has 0 radical (unpaired) electrons. The van der Waals surface area contributed by atoms with Crippen LogP contribution in [0.3, 0.4) is 0 Å². The highest BCUT2D eigenvalue weighted by atomic mass is 32.1. The lowest BCUT2D eigenvalue weighted by Gasteiger charge is -2.51. The minimum absolute atomic E-state index is 0.0134. The fourth-order valence-corrected chi connectivity index (χ4v) is 5.63. The van der Waals surface area contributed by atoms with Crippen LogP contribution < -0.4 is 0 Å². The molecule has 37 heavy (non-hydrogen) atoms. The monoisotopic (exact) mass is 521 g/mol. The molecular weight excluding hydrogens is 494 g/mol. The van der Waals surface area contributed by atoms with E-state index in [2.05, 4.69) is 6.58 Å². The Balaban J connectivity index is 1.50. The van der Waals surface area contributed by atoms with E-state index in [0.717, 1.165) is 10.5 Å². The van der Waals surface area contributed by atoms with Crippen LogP contribution >= 0.6 is 11.3 Å². The topological polar surface area (TPSA) is 106 Å². The molecule has 0 bridgehead atoms. The Hall–Kier alpha value is -3.18.